The van der Waals surface area contributed by atoms with Gasteiger partial charge in [-0.1, -0.05) is 24.3 Å². The summed E-state index contributed by atoms with van der Waals surface area (Å²) >= 11 is 2.92. The molecule has 0 N–H and O–H groups in total. The topological polar surface area (TPSA) is 101 Å². The second-order valence-corrected chi connectivity index (χ2v) is 9.69. The first-order valence-electron chi connectivity index (χ1n) is 10.5. The number of esters is 3. The van der Waals surface area contributed by atoms with Gasteiger partial charge in [0.2, 0.25) is 0 Å². The maximum Gasteiger partial charge on any atom is 0.303 e. The van der Waals surface area contributed by atoms with Crippen molar-refractivity contribution >= 4 is 51.8 Å². The highest BCUT2D eigenvalue weighted by molar-refractivity contribution is 7.99. The number of hydrogen-bond donors (Lipinski definition) is 0. The monoisotopic (exact) mass is 501 g/mol. The summed E-state index contributed by atoms with van der Waals surface area (Å²) in [6.45, 7) is 3.77. The van der Waals surface area contributed by atoms with Gasteiger partial charge in [-0.3, -0.25) is 19.4 Å². The zero-order chi connectivity index (χ0) is 24.2. The van der Waals surface area contributed by atoms with Crippen molar-refractivity contribution in [2.45, 2.75) is 44.5 Å². The average Bonchev–Trinajstić information content (AvgIpc) is 3.21. The van der Waals surface area contributed by atoms with Gasteiger partial charge < -0.3 is 18.9 Å². The second kappa shape index (κ2) is 10.4. The Morgan fingerprint density at radius 2 is 1.65 bits per heavy atom. The summed E-state index contributed by atoms with van der Waals surface area (Å²) in [6, 6.07) is 9.97. The van der Waals surface area contributed by atoms with Crippen LogP contribution in [0, 0.1) is 0 Å². The highest BCUT2D eigenvalue weighted by Gasteiger charge is 2.47. The zero-order valence-electron chi connectivity index (χ0n) is 18.8. The van der Waals surface area contributed by atoms with Gasteiger partial charge in [0.05, 0.1) is 6.20 Å². The van der Waals surface area contributed by atoms with Gasteiger partial charge in [0.25, 0.3) is 0 Å². The first kappa shape index (κ1) is 24.0. The lowest BCUT2D eigenvalue weighted by atomic mass is 10.1. The minimum Gasteiger partial charge on any atom is -0.474 e. The van der Waals surface area contributed by atoms with Crippen molar-refractivity contribution in [2.75, 3.05) is 5.75 Å². The fourth-order valence-electron chi connectivity index (χ4n) is 3.77. The van der Waals surface area contributed by atoms with E-state index in [9.17, 15) is 14.4 Å². The number of nitrogens with zero attached hydrogens (tertiary/aromatic N) is 1. The molecule has 0 radical (unpaired) electrons. The summed E-state index contributed by atoms with van der Waals surface area (Å²) in [6.07, 6.45) is 0.562. The van der Waals surface area contributed by atoms with Gasteiger partial charge in [-0.15, -0.1) is 23.1 Å². The Hall–Kier alpha value is -3.11. The smallest absolute Gasteiger partial charge is 0.303 e. The highest BCUT2D eigenvalue weighted by atomic mass is 32.2. The summed E-state index contributed by atoms with van der Waals surface area (Å²) in [7, 11) is 0. The quantitative estimate of drug-likeness (QED) is 0.363. The van der Waals surface area contributed by atoms with Crippen LogP contribution in [0.1, 0.15) is 20.8 Å². The Balaban J connectivity index is 1.61. The van der Waals surface area contributed by atoms with E-state index in [0.29, 0.717) is 11.5 Å². The van der Waals surface area contributed by atoms with Crippen molar-refractivity contribution < 1.29 is 33.3 Å². The molecule has 2 aromatic heterocycles. The summed E-state index contributed by atoms with van der Waals surface area (Å²) in [5.41, 5.74) is 0.181. The summed E-state index contributed by atoms with van der Waals surface area (Å²) in [5.74, 6) is -0.918. The molecular weight excluding hydrogens is 478 g/mol. The van der Waals surface area contributed by atoms with Crippen molar-refractivity contribution in [3.8, 4) is 16.2 Å². The standard InChI is InChI=1S/C24H23NO7S2/c1-13(26)29-20-12-34-24(22(31-15(3)28)21(20)30-14(2)27)32-18-8-17(9-25-10-18)23-19-7-5-4-6-16(19)11-33-23/h4-11,20-22,24H,12H2,1-3H3/t20-,21+,22-,24+/m1/s1. The number of carbonyl (C=O) groups is 3. The first-order chi connectivity index (χ1) is 16.3. The van der Waals surface area contributed by atoms with Crippen molar-refractivity contribution in [3.63, 3.8) is 0 Å². The Morgan fingerprint density at radius 3 is 2.38 bits per heavy atom. The van der Waals surface area contributed by atoms with E-state index in [2.05, 4.69) is 22.5 Å². The third-order valence-corrected chi connectivity index (χ3v) is 7.32. The summed E-state index contributed by atoms with van der Waals surface area (Å²) in [4.78, 5) is 40.6. The fraction of sp³-hybridized carbons (Fsp3) is 0.333. The third kappa shape index (κ3) is 5.51. The van der Waals surface area contributed by atoms with Gasteiger partial charge in [-0.05, 0) is 16.8 Å². The number of pyridine rings is 1. The van der Waals surface area contributed by atoms with Crippen LogP contribution in [-0.4, -0.2) is 52.4 Å². The molecule has 0 bridgehead atoms. The molecule has 0 aliphatic carbocycles. The van der Waals surface area contributed by atoms with Crippen molar-refractivity contribution in [2.24, 2.45) is 0 Å². The molecule has 0 saturated carbocycles. The molecular formula is C24H23NO7S2. The molecule has 10 heteroatoms. The molecule has 0 amide bonds. The van der Waals surface area contributed by atoms with Crippen LogP contribution in [0.4, 0.5) is 0 Å². The van der Waals surface area contributed by atoms with Crippen LogP contribution in [-0.2, 0) is 28.6 Å². The predicted octanol–water partition coefficient (Wildman–Crippen LogP) is 4.21. The third-order valence-electron chi connectivity index (χ3n) is 5.04. The summed E-state index contributed by atoms with van der Waals surface area (Å²) < 4.78 is 22.4. The van der Waals surface area contributed by atoms with E-state index < -0.39 is 41.7 Å². The SMILES string of the molecule is CC(=O)O[C@@H]1[C@@H](OC(C)=O)[C@@H](Oc2cncc(-c3scc4ccccc34)c2)SC[C@H]1OC(C)=O. The Bertz CT molecular complexity index is 1210. The number of thioether (sulfide) groups is 1. The average molecular weight is 502 g/mol. The minimum atomic E-state index is -1.01. The van der Waals surface area contributed by atoms with Crippen LogP contribution < -0.4 is 4.74 Å². The number of carbonyl (C=O) groups excluding carboxylic acids is 3. The number of aromatic nitrogens is 1. The van der Waals surface area contributed by atoms with Gasteiger partial charge in [0.15, 0.2) is 23.7 Å². The van der Waals surface area contributed by atoms with Gasteiger partial charge in [0, 0.05) is 48.5 Å². The van der Waals surface area contributed by atoms with Crippen LogP contribution in [0.2, 0.25) is 0 Å². The van der Waals surface area contributed by atoms with E-state index in [1.54, 1.807) is 23.7 Å². The van der Waals surface area contributed by atoms with Crippen molar-refractivity contribution in [1.82, 2.24) is 4.98 Å². The van der Waals surface area contributed by atoms with Crippen LogP contribution in [0.25, 0.3) is 21.2 Å². The zero-order valence-corrected chi connectivity index (χ0v) is 20.4. The molecule has 178 valence electrons. The highest BCUT2D eigenvalue weighted by Crippen LogP contribution is 2.38. The van der Waals surface area contributed by atoms with E-state index in [4.69, 9.17) is 18.9 Å². The molecule has 1 saturated heterocycles. The van der Waals surface area contributed by atoms with Crippen LogP contribution in [0.5, 0.6) is 5.75 Å². The summed E-state index contributed by atoms with van der Waals surface area (Å²) in [5, 5.41) is 4.35. The van der Waals surface area contributed by atoms with Gasteiger partial charge in [-0.25, -0.2) is 0 Å². The predicted molar refractivity (Wildman–Crippen MR) is 129 cm³/mol. The molecule has 0 spiro atoms. The Kier molecular flexibility index (Phi) is 7.38. The van der Waals surface area contributed by atoms with Gasteiger partial charge in [0.1, 0.15) is 5.75 Å². The molecule has 8 nitrogen and oxygen atoms in total. The molecule has 34 heavy (non-hydrogen) atoms. The lowest BCUT2D eigenvalue weighted by molar-refractivity contribution is -0.186. The molecule has 0 unspecified atom stereocenters. The molecule has 1 aromatic carbocycles. The molecule has 4 atom stereocenters. The van der Waals surface area contributed by atoms with E-state index >= 15 is 0 Å². The fourth-order valence-corrected chi connectivity index (χ4v) is 5.99. The number of rotatable bonds is 6. The number of fused-ring (bicyclic) bond motifs is 1. The van der Waals surface area contributed by atoms with E-state index in [0.717, 1.165) is 21.2 Å². The normalized spacial score (nSPS) is 22.1. The van der Waals surface area contributed by atoms with Crippen molar-refractivity contribution in [1.29, 1.82) is 0 Å². The molecule has 1 fully saturated rings. The number of benzene rings is 1. The van der Waals surface area contributed by atoms with Crippen LogP contribution in [0.15, 0.2) is 48.1 Å². The largest absolute Gasteiger partial charge is 0.474 e. The molecule has 3 aromatic rings. The Labute approximate surface area is 204 Å². The lowest BCUT2D eigenvalue weighted by Gasteiger charge is -2.39. The second-order valence-electron chi connectivity index (χ2n) is 7.68. The molecule has 1 aliphatic heterocycles. The van der Waals surface area contributed by atoms with E-state index in [-0.39, 0.29) is 0 Å². The maximum absolute atomic E-state index is 11.9. The van der Waals surface area contributed by atoms with Crippen molar-refractivity contribution in [3.05, 3.63) is 48.1 Å². The number of thiophene rings is 1. The van der Waals surface area contributed by atoms with E-state index in [1.165, 1.54) is 32.5 Å². The number of hydrogen-bond acceptors (Lipinski definition) is 10. The lowest BCUT2D eigenvalue weighted by Crippen LogP contribution is -2.55. The molecule has 1 aliphatic rings. The van der Waals surface area contributed by atoms with Gasteiger partial charge in [-0.2, -0.15) is 0 Å². The Morgan fingerprint density at radius 1 is 0.941 bits per heavy atom. The van der Waals surface area contributed by atoms with Crippen LogP contribution in [0.3, 0.4) is 0 Å². The number of ether oxygens (including phenoxy) is 4. The van der Waals surface area contributed by atoms with Gasteiger partial charge >= 0.3 is 17.9 Å². The van der Waals surface area contributed by atoms with E-state index in [1.807, 2.05) is 18.2 Å². The maximum atomic E-state index is 11.9. The molecule has 3 heterocycles. The molecule has 4 rings (SSSR count). The first-order valence-corrected chi connectivity index (χ1v) is 12.5. The van der Waals surface area contributed by atoms with Crippen LogP contribution >= 0.6 is 23.1 Å². The minimum absolute atomic E-state index is 0.294.